The van der Waals surface area contributed by atoms with E-state index in [2.05, 4.69) is 5.32 Å². The molecule has 0 aliphatic heterocycles. The first kappa shape index (κ1) is 31.8. The summed E-state index contributed by atoms with van der Waals surface area (Å²) in [5.41, 5.74) is 2.98. The Balaban J connectivity index is 1.80. The zero-order valence-corrected chi connectivity index (χ0v) is 26.1. The van der Waals surface area contributed by atoms with E-state index in [-0.39, 0.29) is 35.5 Å². The van der Waals surface area contributed by atoms with Crippen LogP contribution in [0.1, 0.15) is 30.5 Å². The Labute approximate surface area is 259 Å². The lowest BCUT2D eigenvalue weighted by atomic mass is 10.0. The average Bonchev–Trinajstić information content (AvgIpc) is 2.99. The maximum atomic E-state index is 14.4. The number of hydrogen-bond donors (Lipinski definition) is 1. The molecule has 0 fully saturated rings. The SMILES string of the molecule is Cc1ccc(CN(C(=O)CN(c2cccc(Cl)c2)S(=O)(=O)c2ccccc2)[C@H](Cc2ccccc2)C(=O)NC(C)C)cc1. The van der Waals surface area contributed by atoms with Crippen LogP contribution in [0.4, 0.5) is 5.69 Å². The fraction of sp³-hybridized carbons (Fsp3) is 0.235. The van der Waals surface area contributed by atoms with Gasteiger partial charge in [0.05, 0.1) is 10.6 Å². The van der Waals surface area contributed by atoms with Gasteiger partial charge in [0.2, 0.25) is 11.8 Å². The van der Waals surface area contributed by atoms with Gasteiger partial charge in [-0.3, -0.25) is 13.9 Å². The summed E-state index contributed by atoms with van der Waals surface area (Å²) in [7, 11) is -4.18. The average molecular weight is 618 g/mol. The van der Waals surface area contributed by atoms with Crippen LogP contribution in [0.25, 0.3) is 0 Å². The molecule has 0 saturated carbocycles. The summed E-state index contributed by atoms with van der Waals surface area (Å²) in [5.74, 6) is -0.848. The van der Waals surface area contributed by atoms with E-state index in [1.165, 1.54) is 23.1 Å². The summed E-state index contributed by atoms with van der Waals surface area (Å²) in [4.78, 5) is 29.6. The van der Waals surface area contributed by atoms with Gasteiger partial charge in [-0.2, -0.15) is 0 Å². The number of hydrogen-bond acceptors (Lipinski definition) is 4. The summed E-state index contributed by atoms with van der Waals surface area (Å²) in [6, 6.07) is 30.4. The monoisotopic (exact) mass is 617 g/mol. The molecular weight excluding hydrogens is 582 g/mol. The second kappa shape index (κ2) is 14.4. The molecule has 224 valence electrons. The second-order valence-corrected chi connectivity index (χ2v) is 13.0. The van der Waals surface area contributed by atoms with Crippen molar-refractivity contribution in [2.45, 2.75) is 50.7 Å². The number of nitrogens with zero attached hydrogens (tertiary/aromatic N) is 2. The third-order valence-corrected chi connectivity index (χ3v) is 8.90. The second-order valence-electron chi connectivity index (χ2n) is 10.7. The smallest absolute Gasteiger partial charge is 0.264 e. The van der Waals surface area contributed by atoms with Crippen molar-refractivity contribution in [3.8, 4) is 0 Å². The lowest BCUT2D eigenvalue weighted by Gasteiger charge is -2.34. The van der Waals surface area contributed by atoms with Crippen LogP contribution in [0, 0.1) is 6.92 Å². The molecule has 0 bridgehead atoms. The van der Waals surface area contributed by atoms with E-state index in [0.717, 1.165) is 21.0 Å². The van der Waals surface area contributed by atoms with Crippen molar-refractivity contribution in [1.29, 1.82) is 0 Å². The van der Waals surface area contributed by atoms with Crippen molar-refractivity contribution >= 4 is 39.1 Å². The third-order valence-electron chi connectivity index (χ3n) is 6.88. The fourth-order valence-electron chi connectivity index (χ4n) is 4.70. The van der Waals surface area contributed by atoms with Gasteiger partial charge in [0.15, 0.2) is 0 Å². The fourth-order valence-corrected chi connectivity index (χ4v) is 6.32. The minimum atomic E-state index is -4.18. The van der Waals surface area contributed by atoms with E-state index in [4.69, 9.17) is 11.6 Å². The first-order valence-electron chi connectivity index (χ1n) is 14.1. The van der Waals surface area contributed by atoms with Crippen LogP contribution >= 0.6 is 11.6 Å². The predicted molar refractivity (Wildman–Crippen MR) is 171 cm³/mol. The van der Waals surface area contributed by atoms with Crippen LogP contribution in [-0.4, -0.2) is 43.8 Å². The first-order chi connectivity index (χ1) is 20.5. The van der Waals surface area contributed by atoms with Crippen LogP contribution in [-0.2, 0) is 32.6 Å². The molecule has 4 rings (SSSR count). The van der Waals surface area contributed by atoms with Gasteiger partial charge in [0, 0.05) is 24.0 Å². The molecule has 1 N–H and O–H groups in total. The van der Waals surface area contributed by atoms with Crippen molar-refractivity contribution in [3.05, 3.63) is 131 Å². The number of anilines is 1. The lowest BCUT2D eigenvalue weighted by Crippen LogP contribution is -2.54. The van der Waals surface area contributed by atoms with E-state index < -0.39 is 28.5 Å². The standard InChI is InChI=1S/C34H36ClN3O4S/c1-25(2)36-34(40)32(21-27-11-6-4-7-12-27)37(23-28-19-17-26(3)18-20-28)33(39)24-38(30-14-10-13-29(35)22-30)43(41,42)31-15-8-5-9-16-31/h4-20,22,25,32H,21,23-24H2,1-3H3,(H,36,40)/t32-/m1/s1. The van der Waals surface area contributed by atoms with Gasteiger partial charge in [-0.15, -0.1) is 0 Å². The highest BCUT2D eigenvalue weighted by molar-refractivity contribution is 7.92. The Morgan fingerprint density at radius 2 is 1.44 bits per heavy atom. The predicted octanol–water partition coefficient (Wildman–Crippen LogP) is 6.01. The molecule has 7 nitrogen and oxygen atoms in total. The first-order valence-corrected chi connectivity index (χ1v) is 15.9. The Kier molecular flexibility index (Phi) is 10.6. The lowest BCUT2D eigenvalue weighted by molar-refractivity contribution is -0.140. The highest BCUT2D eigenvalue weighted by Gasteiger charge is 2.34. The van der Waals surface area contributed by atoms with Crippen LogP contribution in [0.5, 0.6) is 0 Å². The number of sulfonamides is 1. The van der Waals surface area contributed by atoms with Crippen molar-refractivity contribution in [2.24, 2.45) is 0 Å². The number of halogens is 1. The molecule has 0 aromatic heterocycles. The van der Waals surface area contributed by atoms with Crippen molar-refractivity contribution in [1.82, 2.24) is 10.2 Å². The summed E-state index contributed by atoms with van der Waals surface area (Å²) < 4.78 is 29.0. The number of benzene rings is 4. The molecule has 0 spiro atoms. The van der Waals surface area contributed by atoms with Gasteiger partial charge in [0.25, 0.3) is 10.0 Å². The van der Waals surface area contributed by atoms with E-state index >= 15 is 0 Å². The van der Waals surface area contributed by atoms with Gasteiger partial charge < -0.3 is 10.2 Å². The van der Waals surface area contributed by atoms with Gasteiger partial charge in [-0.1, -0.05) is 96.0 Å². The summed E-state index contributed by atoms with van der Waals surface area (Å²) in [6.45, 7) is 5.26. The van der Waals surface area contributed by atoms with E-state index in [0.29, 0.717) is 5.02 Å². The largest absolute Gasteiger partial charge is 0.352 e. The number of carbonyl (C=O) groups is 2. The number of amides is 2. The number of nitrogens with one attached hydrogen (secondary N) is 1. The summed E-state index contributed by atoms with van der Waals surface area (Å²) >= 11 is 6.27. The molecule has 0 radical (unpaired) electrons. The van der Waals surface area contributed by atoms with Gasteiger partial charge in [-0.05, 0) is 62.2 Å². The minimum absolute atomic E-state index is 0.0336. The highest BCUT2D eigenvalue weighted by Crippen LogP contribution is 2.27. The molecule has 2 amide bonds. The zero-order chi connectivity index (χ0) is 31.0. The molecule has 0 saturated heterocycles. The summed E-state index contributed by atoms with van der Waals surface area (Å²) in [6.07, 6.45) is 0.250. The van der Waals surface area contributed by atoms with Crippen LogP contribution in [0.2, 0.25) is 5.02 Å². The van der Waals surface area contributed by atoms with E-state index in [1.54, 1.807) is 36.4 Å². The number of rotatable bonds is 12. The Morgan fingerprint density at radius 3 is 2.05 bits per heavy atom. The Morgan fingerprint density at radius 1 is 0.814 bits per heavy atom. The zero-order valence-electron chi connectivity index (χ0n) is 24.5. The van der Waals surface area contributed by atoms with Crippen LogP contribution < -0.4 is 9.62 Å². The van der Waals surface area contributed by atoms with Gasteiger partial charge in [-0.25, -0.2) is 8.42 Å². The molecule has 43 heavy (non-hydrogen) atoms. The van der Waals surface area contributed by atoms with Crippen LogP contribution in [0.3, 0.4) is 0 Å². The third kappa shape index (κ3) is 8.46. The topological polar surface area (TPSA) is 86.8 Å². The van der Waals surface area contributed by atoms with Crippen LogP contribution in [0.15, 0.2) is 114 Å². The van der Waals surface area contributed by atoms with Crippen molar-refractivity contribution in [3.63, 3.8) is 0 Å². The molecule has 4 aromatic rings. The molecule has 0 aliphatic rings. The molecule has 0 aliphatic carbocycles. The minimum Gasteiger partial charge on any atom is -0.352 e. The molecule has 1 atom stereocenters. The quantitative estimate of drug-likeness (QED) is 0.211. The van der Waals surface area contributed by atoms with Gasteiger partial charge >= 0.3 is 0 Å². The molecule has 4 aromatic carbocycles. The van der Waals surface area contributed by atoms with E-state index in [9.17, 15) is 18.0 Å². The Bertz CT molecular complexity index is 1630. The maximum absolute atomic E-state index is 14.4. The van der Waals surface area contributed by atoms with E-state index in [1.807, 2.05) is 75.4 Å². The van der Waals surface area contributed by atoms with Gasteiger partial charge in [0.1, 0.15) is 12.6 Å². The van der Waals surface area contributed by atoms with Crippen molar-refractivity contribution in [2.75, 3.05) is 10.8 Å². The number of aryl methyl sites for hydroxylation is 1. The highest BCUT2D eigenvalue weighted by atomic mass is 35.5. The molecule has 0 unspecified atom stereocenters. The maximum Gasteiger partial charge on any atom is 0.264 e. The Hall–Kier alpha value is -4.14. The molecular formula is C34H36ClN3O4S. The normalized spacial score (nSPS) is 12.0. The molecule has 0 heterocycles. The molecule has 9 heteroatoms. The van der Waals surface area contributed by atoms with Crippen molar-refractivity contribution < 1.29 is 18.0 Å². The summed E-state index contributed by atoms with van der Waals surface area (Å²) in [5, 5.41) is 3.29. The number of carbonyl (C=O) groups excluding carboxylic acids is 2.